The van der Waals surface area contributed by atoms with Crippen molar-refractivity contribution >= 4 is 5.91 Å². The Morgan fingerprint density at radius 2 is 2.00 bits per heavy atom. The van der Waals surface area contributed by atoms with E-state index in [4.69, 9.17) is 11.0 Å². The minimum absolute atomic E-state index is 0.0863. The summed E-state index contributed by atoms with van der Waals surface area (Å²) < 4.78 is 0. The summed E-state index contributed by atoms with van der Waals surface area (Å²) in [7, 11) is 1.75. The third kappa shape index (κ3) is 6.96. The maximum absolute atomic E-state index is 11.9. The van der Waals surface area contributed by atoms with Crippen molar-refractivity contribution in [3.63, 3.8) is 0 Å². The van der Waals surface area contributed by atoms with Crippen LogP contribution in [0.25, 0.3) is 0 Å². The van der Waals surface area contributed by atoms with Crippen LogP contribution in [-0.2, 0) is 4.79 Å². The van der Waals surface area contributed by atoms with Crippen molar-refractivity contribution in [2.24, 2.45) is 23.5 Å². The minimum Gasteiger partial charge on any atom is -0.344 e. The number of hydrogen-bond acceptors (Lipinski definition) is 3. The SMILES string of the molecule is CC(C)C[C@H](CN)CC(=O)N(C)CC(C)C#N. The third-order valence-corrected chi connectivity index (χ3v) is 2.80. The predicted molar refractivity (Wildman–Crippen MR) is 69.0 cm³/mol. The Kier molecular flexibility index (Phi) is 7.56. The van der Waals surface area contributed by atoms with E-state index in [9.17, 15) is 4.79 Å². The largest absolute Gasteiger partial charge is 0.344 e. The van der Waals surface area contributed by atoms with Crippen LogP contribution >= 0.6 is 0 Å². The summed E-state index contributed by atoms with van der Waals surface area (Å²) in [5.41, 5.74) is 5.67. The molecule has 0 radical (unpaired) electrons. The number of carbonyl (C=O) groups is 1. The molecule has 0 aromatic carbocycles. The fourth-order valence-electron chi connectivity index (χ4n) is 1.89. The Morgan fingerprint density at radius 3 is 2.41 bits per heavy atom. The summed E-state index contributed by atoms with van der Waals surface area (Å²) in [6.07, 6.45) is 1.47. The second-order valence-electron chi connectivity index (χ2n) is 5.24. The zero-order chi connectivity index (χ0) is 13.4. The van der Waals surface area contributed by atoms with E-state index in [2.05, 4.69) is 19.9 Å². The van der Waals surface area contributed by atoms with Gasteiger partial charge in [-0.1, -0.05) is 13.8 Å². The van der Waals surface area contributed by atoms with E-state index in [1.807, 2.05) is 6.92 Å². The van der Waals surface area contributed by atoms with E-state index in [0.29, 0.717) is 25.4 Å². The molecule has 2 atom stereocenters. The van der Waals surface area contributed by atoms with Gasteiger partial charge in [0.2, 0.25) is 5.91 Å². The number of nitrogens with zero attached hydrogens (tertiary/aromatic N) is 2. The van der Waals surface area contributed by atoms with Gasteiger partial charge in [0, 0.05) is 20.0 Å². The van der Waals surface area contributed by atoms with Gasteiger partial charge in [-0.25, -0.2) is 0 Å². The van der Waals surface area contributed by atoms with Gasteiger partial charge < -0.3 is 10.6 Å². The Bertz CT molecular complexity index is 270. The highest BCUT2D eigenvalue weighted by molar-refractivity contribution is 5.76. The lowest BCUT2D eigenvalue weighted by Gasteiger charge is -2.22. The molecule has 1 amide bonds. The highest BCUT2D eigenvalue weighted by Gasteiger charge is 2.18. The summed E-state index contributed by atoms with van der Waals surface area (Å²) in [5.74, 6) is 0.774. The second-order valence-corrected chi connectivity index (χ2v) is 5.24. The molecule has 2 N–H and O–H groups in total. The van der Waals surface area contributed by atoms with Crippen LogP contribution in [0.1, 0.15) is 33.6 Å². The normalized spacial score (nSPS) is 14.2. The van der Waals surface area contributed by atoms with E-state index in [1.54, 1.807) is 11.9 Å². The number of carbonyl (C=O) groups excluding carboxylic acids is 1. The van der Waals surface area contributed by atoms with Crippen molar-refractivity contribution in [2.45, 2.75) is 33.6 Å². The van der Waals surface area contributed by atoms with Crippen molar-refractivity contribution < 1.29 is 4.79 Å². The fraction of sp³-hybridized carbons (Fsp3) is 0.846. The first-order valence-corrected chi connectivity index (χ1v) is 6.24. The summed E-state index contributed by atoms with van der Waals surface area (Å²) in [4.78, 5) is 13.5. The van der Waals surface area contributed by atoms with Crippen molar-refractivity contribution in [1.29, 1.82) is 5.26 Å². The van der Waals surface area contributed by atoms with Crippen LogP contribution in [-0.4, -0.2) is 30.9 Å². The molecule has 0 spiro atoms. The Labute approximate surface area is 105 Å². The Morgan fingerprint density at radius 1 is 1.41 bits per heavy atom. The molecule has 1 unspecified atom stereocenters. The van der Waals surface area contributed by atoms with Gasteiger partial charge in [-0.3, -0.25) is 4.79 Å². The lowest BCUT2D eigenvalue weighted by molar-refractivity contribution is -0.131. The summed E-state index contributed by atoms with van der Waals surface area (Å²) in [5, 5.41) is 8.70. The second kappa shape index (κ2) is 8.08. The Hall–Kier alpha value is -1.08. The first kappa shape index (κ1) is 15.9. The zero-order valence-electron chi connectivity index (χ0n) is 11.4. The maximum Gasteiger partial charge on any atom is 0.222 e. The molecule has 4 nitrogen and oxygen atoms in total. The fourth-order valence-corrected chi connectivity index (χ4v) is 1.89. The van der Waals surface area contributed by atoms with Crippen LogP contribution in [0.5, 0.6) is 0 Å². The molecule has 0 aromatic heterocycles. The summed E-state index contributed by atoms with van der Waals surface area (Å²) in [6.45, 7) is 7.13. The average molecular weight is 239 g/mol. The molecule has 98 valence electrons. The molecule has 0 aliphatic carbocycles. The van der Waals surface area contributed by atoms with E-state index in [-0.39, 0.29) is 17.7 Å². The van der Waals surface area contributed by atoms with Gasteiger partial charge in [0.25, 0.3) is 0 Å². The summed E-state index contributed by atoms with van der Waals surface area (Å²) >= 11 is 0. The van der Waals surface area contributed by atoms with Crippen molar-refractivity contribution in [3.05, 3.63) is 0 Å². The first-order valence-electron chi connectivity index (χ1n) is 6.24. The zero-order valence-corrected chi connectivity index (χ0v) is 11.4. The number of nitriles is 1. The van der Waals surface area contributed by atoms with Gasteiger partial charge in [0.1, 0.15) is 0 Å². The van der Waals surface area contributed by atoms with Gasteiger partial charge in [0.05, 0.1) is 12.0 Å². The molecule has 0 aromatic rings. The van der Waals surface area contributed by atoms with Gasteiger partial charge >= 0.3 is 0 Å². The number of amides is 1. The Balaban J connectivity index is 4.17. The molecular weight excluding hydrogens is 214 g/mol. The standard InChI is InChI=1S/C13H25N3O/c1-10(2)5-12(8-15)6-13(17)16(4)9-11(3)7-14/h10-12H,5-6,8-9,15H2,1-4H3/t11?,12-/m0/s1. The molecule has 4 heteroatoms. The molecule has 0 saturated heterocycles. The van der Waals surface area contributed by atoms with E-state index in [0.717, 1.165) is 6.42 Å². The van der Waals surface area contributed by atoms with Crippen LogP contribution in [0.4, 0.5) is 0 Å². The monoisotopic (exact) mass is 239 g/mol. The van der Waals surface area contributed by atoms with E-state index < -0.39 is 0 Å². The number of rotatable bonds is 7. The molecule has 0 heterocycles. The summed E-state index contributed by atoms with van der Waals surface area (Å²) in [6, 6.07) is 2.13. The predicted octanol–water partition coefficient (Wildman–Crippen LogP) is 1.62. The third-order valence-electron chi connectivity index (χ3n) is 2.80. The van der Waals surface area contributed by atoms with E-state index >= 15 is 0 Å². The molecular formula is C13H25N3O. The highest BCUT2D eigenvalue weighted by Crippen LogP contribution is 2.15. The van der Waals surface area contributed by atoms with Crippen molar-refractivity contribution in [2.75, 3.05) is 20.1 Å². The lowest BCUT2D eigenvalue weighted by atomic mass is 9.94. The van der Waals surface area contributed by atoms with Crippen LogP contribution < -0.4 is 5.73 Å². The lowest BCUT2D eigenvalue weighted by Crippen LogP contribution is -2.33. The van der Waals surface area contributed by atoms with Crippen molar-refractivity contribution in [1.82, 2.24) is 4.90 Å². The molecule has 0 saturated carbocycles. The van der Waals surface area contributed by atoms with E-state index in [1.165, 1.54) is 0 Å². The van der Waals surface area contributed by atoms with Crippen LogP contribution in [0.2, 0.25) is 0 Å². The van der Waals surface area contributed by atoms with Crippen LogP contribution in [0.3, 0.4) is 0 Å². The molecule has 0 aliphatic heterocycles. The van der Waals surface area contributed by atoms with Crippen molar-refractivity contribution in [3.8, 4) is 6.07 Å². The maximum atomic E-state index is 11.9. The average Bonchev–Trinajstić information content (AvgIpc) is 2.26. The van der Waals surface area contributed by atoms with Gasteiger partial charge in [-0.2, -0.15) is 5.26 Å². The molecule has 17 heavy (non-hydrogen) atoms. The topological polar surface area (TPSA) is 70.1 Å². The van der Waals surface area contributed by atoms with Crippen LogP contribution in [0, 0.1) is 29.1 Å². The van der Waals surface area contributed by atoms with Crippen LogP contribution in [0.15, 0.2) is 0 Å². The van der Waals surface area contributed by atoms with Gasteiger partial charge in [-0.05, 0) is 31.7 Å². The van der Waals surface area contributed by atoms with Gasteiger partial charge in [-0.15, -0.1) is 0 Å². The number of hydrogen-bond donors (Lipinski definition) is 1. The minimum atomic E-state index is -0.120. The van der Waals surface area contributed by atoms with Gasteiger partial charge in [0.15, 0.2) is 0 Å². The molecule has 0 aliphatic rings. The molecule has 0 fully saturated rings. The quantitative estimate of drug-likeness (QED) is 0.734. The highest BCUT2D eigenvalue weighted by atomic mass is 16.2. The molecule has 0 bridgehead atoms. The number of nitrogens with two attached hydrogens (primary N) is 1. The molecule has 0 rings (SSSR count). The first-order chi connectivity index (χ1) is 7.90. The smallest absolute Gasteiger partial charge is 0.222 e.